The van der Waals surface area contributed by atoms with Gasteiger partial charge in [-0.2, -0.15) is 0 Å². The summed E-state index contributed by atoms with van der Waals surface area (Å²) in [6.45, 7) is 12.2. The van der Waals surface area contributed by atoms with Crippen LogP contribution in [0.2, 0.25) is 0 Å². The van der Waals surface area contributed by atoms with Crippen molar-refractivity contribution in [2.45, 2.75) is 54.0 Å². The first-order chi connectivity index (χ1) is 7.66. The number of likely N-dealkylation sites (N-methyl/N-ethyl adjacent to an activating group) is 1. The summed E-state index contributed by atoms with van der Waals surface area (Å²) in [6.07, 6.45) is 0.561. The maximum absolute atomic E-state index is 12.3. The summed E-state index contributed by atoms with van der Waals surface area (Å²) in [7, 11) is 0. The van der Waals surface area contributed by atoms with E-state index in [2.05, 4.69) is 0 Å². The van der Waals surface area contributed by atoms with Gasteiger partial charge >= 0.3 is 0 Å². The number of nitrogens with zero attached hydrogens (tertiary/aromatic N) is 1. The fourth-order valence-corrected chi connectivity index (χ4v) is 1.72. The topological polar surface area (TPSA) is 63.4 Å². The zero-order valence-electron chi connectivity index (χ0n) is 11.9. The number of primary amides is 1. The van der Waals surface area contributed by atoms with Gasteiger partial charge in [0.05, 0.1) is 0 Å². The van der Waals surface area contributed by atoms with Gasteiger partial charge in [-0.3, -0.25) is 9.59 Å². The molecule has 2 amide bonds. The second-order valence-corrected chi connectivity index (χ2v) is 5.54. The Morgan fingerprint density at radius 2 is 1.71 bits per heavy atom. The lowest BCUT2D eigenvalue weighted by Crippen LogP contribution is -2.50. The van der Waals surface area contributed by atoms with Crippen LogP contribution in [0.3, 0.4) is 0 Å². The summed E-state index contributed by atoms with van der Waals surface area (Å²) >= 11 is 0. The van der Waals surface area contributed by atoms with Gasteiger partial charge in [0.15, 0.2) is 0 Å². The average molecular weight is 242 g/mol. The highest BCUT2D eigenvalue weighted by Crippen LogP contribution is 2.27. The van der Waals surface area contributed by atoms with Crippen molar-refractivity contribution in [2.75, 3.05) is 6.54 Å². The van der Waals surface area contributed by atoms with Gasteiger partial charge < -0.3 is 10.6 Å². The Kier molecular flexibility index (Phi) is 5.66. The SMILES string of the molecule is CCC(C(N)=O)N(CC)C(=O)C(C)C(C)(C)C. The summed E-state index contributed by atoms with van der Waals surface area (Å²) < 4.78 is 0. The van der Waals surface area contributed by atoms with Gasteiger partial charge in [0, 0.05) is 12.5 Å². The monoisotopic (exact) mass is 242 g/mol. The third-order valence-corrected chi connectivity index (χ3v) is 3.38. The predicted molar refractivity (Wildman–Crippen MR) is 69.3 cm³/mol. The molecule has 2 unspecified atom stereocenters. The van der Waals surface area contributed by atoms with E-state index < -0.39 is 11.9 Å². The highest BCUT2D eigenvalue weighted by molar-refractivity contribution is 5.87. The minimum Gasteiger partial charge on any atom is -0.368 e. The maximum Gasteiger partial charge on any atom is 0.240 e. The Morgan fingerprint density at radius 3 is 1.94 bits per heavy atom. The first-order valence-corrected chi connectivity index (χ1v) is 6.26. The van der Waals surface area contributed by atoms with Crippen LogP contribution in [0, 0.1) is 11.3 Å². The molecule has 0 rings (SSSR count). The zero-order valence-corrected chi connectivity index (χ0v) is 11.9. The molecule has 17 heavy (non-hydrogen) atoms. The fraction of sp³-hybridized carbons (Fsp3) is 0.846. The molecule has 0 spiro atoms. The van der Waals surface area contributed by atoms with Crippen LogP contribution in [-0.2, 0) is 9.59 Å². The lowest BCUT2D eigenvalue weighted by molar-refractivity contribution is -0.144. The molecule has 0 fully saturated rings. The first kappa shape index (κ1) is 15.9. The summed E-state index contributed by atoms with van der Waals surface area (Å²) in [5, 5.41) is 0. The highest BCUT2D eigenvalue weighted by atomic mass is 16.2. The number of amides is 2. The minimum absolute atomic E-state index is 0.00523. The molecule has 4 nitrogen and oxygen atoms in total. The lowest BCUT2D eigenvalue weighted by atomic mass is 9.81. The van der Waals surface area contributed by atoms with Crippen molar-refractivity contribution in [1.29, 1.82) is 0 Å². The van der Waals surface area contributed by atoms with Gasteiger partial charge in [0.25, 0.3) is 0 Å². The molecule has 0 heterocycles. The van der Waals surface area contributed by atoms with Gasteiger partial charge in [-0.05, 0) is 18.8 Å². The molecule has 0 aliphatic rings. The van der Waals surface area contributed by atoms with Crippen LogP contribution in [0.15, 0.2) is 0 Å². The van der Waals surface area contributed by atoms with E-state index in [9.17, 15) is 9.59 Å². The van der Waals surface area contributed by atoms with Crippen LogP contribution in [0.1, 0.15) is 48.0 Å². The third kappa shape index (κ3) is 4.02. The normalized spacial score (nSPS) is 15.2. The third-order valence-electron chi connectivity index (χ3n) is 3.38. The minimum atomic E-state index is -0.489. The summed E-state index contributed by atoms with van der Waals surface area (Å²) in [5.74, 6) is -0.551. The Morgan fingerprint density at radius 1 is 1.24 bits per heavy atom. The van der Waals surface area contributed by atoms with Crippen molar-refractivity contribution in [3.63, 3.8) is 0 Å². The number of carbonyl (C=O) groups excluding carboxylic acids is 2. The van der Waals surface area contributed by atoms with Crippen molar-refractivity contribution in [3.05, 3.63) is 0 Å². The number of rotatable bonds is 5. The van der Waals surface area contributed by atoms with Crippen molar-refractivity contribution in [1.82, 2.24) is 4.90 Å². The molecular formula is C13H26N2O2. The van der Waals surface area contributed by atoms with E-state index in [4.69, 9.17) is 5.73 Å². The molecule has 0 bridgehead atoms. The van der Waals surface area contributed by atoms with E-state index in [1.54, 1.807) is 4.90 Å². The van der Waals surface area contributed by atoms with E-state index in [1.807, 2.05) is 41.5 Å². The van der Waals surface area contributed by atoms with E-state index in [-0.39, 0.29) is 17.2 Å². The highest BCUT2D eigenvalue weighted by Gasteiger charge is 2.34. The van der Waals surface area contributed by atoms with Gasteiger partial charge in [-0.25, -0.2) is 0 Å². The molecular weight excluding hydrogens is 216 g/mol. The molecule has 4 heteroatoms. The Labute approximate surface area is 105 Å². The Bertz CT molecular complexity index is 282. The van der Waals surface area contributed by atoms with Crippen molar-refractivity contribution in [3.8, 4) is 0 Å². The van der Waals surface area contributed by atoms with Crippen molar-refractivity contribution >= 4 is 11.8 Å². The van der Waals surface area contributed by atoms with Crippen LogP contribution in [0.4, 0.5) is 0 Å². The van der Waals surface area contributed by atoms with Gasteiger partial charge in [-0.15, -0.1) is 0 Å². The molecule has 100 valence electrons. The smallest absolute Gasteiger partial charge is 0.240 e. The molecule has 0 aliphatic heterocycles. The fourth-order valence-electron chi connectivity index (χ4n) is 1.72. The van der Waals surface area contributed by atoms with E-state index in [0.717, 1.165) is 0 Å². The standard InChI is InChI=1S/C13H26N2O2/c1-7-10(11(14)16)15(8-2)12(17)9(3)13(4,5)6/h9-10H,7-8H2,1-6H3,(H2,14,16). The molecule has 0 saturated carbocycles. The number of hydrogen-bond donors (Lipinski definition) is 1. The van der Waals surface area contributed by atoms with Gasteiger partial charge in [0.1, 0.15) is 6.04 Å². The molecule has 0 aromatic carbocycles. The maximum atomic E-state index is 12.3. The quantitative estimate of drug-likeness (QED) is 0.798. The Hall–Kier alpha value is -1.06. The summed E-state index contributed by atoms with van der Waals surface area (Å²) in [4.78, 5) is 25.3. The van der Waals surface area contributed by atoms with Crippen LogP contribution in [0.5, 0.6) is 0 Å². The van der Waals surface area contributed by atoms with Crippen LogP contribution < -0.4 is 5.73 Å². The van der Waals surface area contributed by atoms with Crippen molar-refractivity contribution in [2.24, 2.45) is 17.1 Å². The second kappa shape index (κ2) is 6.03. The molecule has 0 radical (unpaired) electrons. The number of nitrogens with two attached hydrogens (primary N) is 1. The van der Waals surface area contributed by atoms with E-state index in [1.165, 1.54) is 0 Å². The molecule has 0 aromatic heterocycles. The zero-order chi connectivity index (χ0) is 13.8. The number of carbonyl (C=O) groups is 2. The molecule has 0 aliphatic carbocycles. The van der Waals surface area contributed by atoms with Crippen LogP contribution in [-0.4, -0.2) is 29.3 Å². The first-order valence-electron chi connectivity index (χ1n) is 6.26. The van der Waals surface area contributed by atoms with E-state index in [0.29, 0.717) is 13.0 Å². The second-order valence-electron chi connectivity index (χ2n) is 5.54. The van der Waals surface area contributed by atoms with Gasteiger partial charge in [0.2, 0.25) is 11.8 Å². The van der Waals surface area contributed by atoms with Crippen molar-refractivity contribution < 1.29 is 9.59 Å². The largest absolute Gasteiger partial charge is 0.368 e. The van der Waals surface area contributed by atoms with E-state index >= 15 is 0 Å². The van der Waals surface area contributed by atoms with Crippen LogP contribution in [0.25, 0.3) is 0 Å². The molecule has 0 aromatic rings. The predicted octanol–water partition coefficient (Wildman–Crippen LogP) is 1.78. The van der Waals surface area contributed by atoms with Crippen LogP contribution >= 0.6 is 0 Å². The molecule has 2 N–H and O–H groups in total. The molecule has 0 saturated heterocycles. The number of hydrogen-bond acceptors (Lipinski definition) is 2. The average Bonchev–Trinajstić information content (AvgIpc) is 2.21. The summed E-state index contributed by atoms with van der Waals surface area (Å²) in [5.41, 5.74) is 5.23. The van der Waals surface area contributed by atoms with Gasteiger partial charge in [-0.1, -0.05) is 34.6 Å². The Balaban J connectivity index is 5.01. The summed E-state index contributed by atoms with van der Waals surface area (Å²) in [6, 6.07) is -0.489. The lowest BCUT2D eigenvalue weighted by Gasteiger charge is -2.35. The molecule has 2 atom stereocenters.